The molecule has 0 spiro atoms. The molecule has 0 aliphatic carbocycles. The first-order valence-corrected chi connectivity index (χ1v) is 13.1. The van der Waals surface area contributed by atoms with E-state index in [9.17, 15) is 9.59 Å². The van der Waals surface area contributed by atoms with Gasteiger partial charge in [-0.15, -0.1) is 12.4 Å². The number of halogens is 1. The summed E-state index contributed by atoms with van der Waals surface area (Å²) < 4.78 is 5.36. The summed E-state index contributed by atoms with van der Waals surface area (Å²) >= 11 is 0. The van der Waals surface area contributed by atoms with Gasteiger partial charge in [0.05, 0.1) is 12.8 Å². The van der Waals surface area contributed by atoms with Crippen LogP contribution in [0.1, 0.15) is 48.5 Å². The number of aryl methyl sites for hydroxylation is 4. The van der Waals surface area contributed by atoms with Gasteiger partial charge < -0.3 is 15.8 Å². The van der Waals surface area contributed by atoms with Crippen LogP contribution in [-0.2, 0) is 12.8 Å². The smallest absolute Gasteiger partial charge is 0.258 e. The van der Waals surface area contributed by atoms with Crippen molar-refractivity contribution < 1.29 is 14.3 Å². The highest BCUT2D eigenvalue weighted by molar-refractivity contribution is 6.07. The Kier molecular flexibility index (Phi) is 10.7. The maximum atomic E-state index is 13.0. The van der Waals surface area contributed by atoms with E-state index in [1.165, 1.54) is 11.1 Å². The average Bonchev–Trinajstić information content (AvgIpc) is 2.95. The second-order valence-corrected chi connectivity index (χ2v) is 9.71. The van der Waals surface area contributed by atoms with E-state index in [1.54, 1.807) is 31.4 Å². The van der Waals surface area contributed by atoms with Crippen molar-refractivity contribution in [2.45, 2.75) is 33.6 Å². The van der Waals surface area contributed by atoms with Crippen LogP contribution >= 0.6 is 12.4 Å². The van der Waals surface area contributed by atoms with Crippen LogP contribution in [0.2, 0.25) is 0 Å². The number of nitrogens with two attached hydrogens (primary N) is 1. The van der Waals surface area contributed by atoms with Crippen molar-refractivity contribution >= 4 is 41.6 Å². The fraction of sp³-hybridized carbons (Fsp3) is 0.182. The third-order valence-corrected chi connectivity index (χ3v) is 6.82. The number of ether oxygens (including phenoxy) is 1. The zero-order valence-electron chi connectivity index (χ0n) is 23.7. The molecule has 7 nitrogen and oxygen atoms in total. The predicted molar refractivity (Wildman–Crippen MR) is 168 cm³/mol. The number of guanidine groups is 1. The van der Waals surface area contributed by atoms with Crippen molar-refractivity contribution in [2.24, 2.45) is 10.7 Å². The highest BCUT2D eigenvalue weighted by Crippen LogP contribution is 2.25. The monoisotopic (exact) mass is 570 g/mol. The number of rotatable bonds is 8. The summed E-state index contributed by atoms with van der Waals surface area (Å²) in [5.74, 6) is -0.0462. The quantitative estimate of drug-likeness (QED) is 0.167. The van der Waals surface area contributed by atoms with Gasteiger partial charge in [0.2, 0.25) is 5.96 Å². The molecule has 0 fully saturated rings. The molecule has 0 atom stereocenters. The molecule has 0 saturated heterocycles. The lowest BCUT2D eigenvalue weighted by Gasteiger charge is -2.12. The van der Waals surface area contributed by atoms with Gasteiger partial charge in [0.15, 0.2) is 0 Å². The third kappa shape index (κ3) is 8.19. The number of carbonyl (C=O) groups is 2. The first-order chi connectivity index (χ1) is 19.2. The van der Waals surface area contributed by atoms with E-state index in [2.05, 4.69) is 27.8 Å². The summed E-state index contributed by atoms with van der Waals surface area (Å²) in [7, 11) is 1.56. The van der Waals surface area contributed by atoms with E-state index in [1.807, 2.05) is 69.3 Å². The SMILES string of the molecule is COc1cc(C(=O)NC(N)=Nc2ccc(C)c(NC(=O)c3ccc(CCc4ccccc4)cc3)c2)cc(C)c1C.Cl. The van der Waals surface area contributed by atoms with E-state index in [4.69, 9.17) is 10.5 Å². The molecule has 0 heterocycles. The van der Waals surface area contributed by atoms with Gasteiger partial charge in [0.25, 0.3) is 11.8 Å². The van der Waals surface area contributed by atoms with Crippen molar-refractivity contribution in [1.29, 1.82) is 0 Å². The van der Waals surface area contributed by atoms with Gasteiger partial charge in [0, 0.05) is 16.8 Å². The maximum absolute atomic E-state index is 13.0. The van der Waals surface area contributed by atoms with Crippen LogP contribution in [0, 0.1) is 20.8 Å². The summed E-state index contributed by atoms with van der Waals surface area (Å²) in [5.41, 5.74) is 13.3. The molecule has 0 saturated carbocycles. The van der Waals surface area contributed by atoms with Crippen molar-refractivity contribution in [3.05, 3.63) is 124 Å². The molecular weight excluding hydrogens is 536 g/mol. The van der Waals surface area contributed by atoms with Gasteiger partial charge in [0.1, 0.15) is 5.75 Å². The minimum Gasteiger partial charge on any atom is -0.496 e. The Bertz CT molecular complexity index is 1550. The van der Waals surface area contributed by atoms with Crippen LogP contribution in [0.3, 0.4) is 0 Å². The van der Waals surface area contributed by atoms with Gasteiger partial charge in [-0.05, 0) is 97.8 Å². The zero-order chi connectivity index (χ0) is 28.6. The number of carbonyl (C=O) groups excluding carboxylic acids is 2. The second kappa shape index (κ2) is 14.1. The third-order valence-electron chi connectivity index (χ3n) is 6.82. The highest BCUT2D eigenvalue weighted by atomic mass is 35.5. The van der Waals surface area contributed by atoms with Crippen LogP contribution in [0.4, 0.5) is 11.4 Å². The van der Waals surface area contributed by atoms with Crippen LogP contribution in [0.5, 0.6) is 5.75 Å². The van der Waals surface area contributed by atoms with E-state index in [0.29, 0.717) is 28.3 Å². The van der Waals surface area contributed by atoms with E-state index in [-0.39, 0.29) is 24.3 Å². The molecule has 0 aliphatic heterocycles. The molecule has 4 aromatic carbocycles. The summed E-state index contributed by atoms with van der Waals surface area (Å²) in [6.07, 6.45) is 1.85. The molecule has 4 rings (SSSR count). The average molecular weight is 571 g/mol. The molecule has 0 aliphatic rings. The molecule has 0 unspecified atom stereocenters. The fourth-order valence-electron chi connectivity index (χ4n) is 4.29. The van der Waals surface area contributed by atoms with Gasteiger partial charge >= 0.3 is 0 Å². The zero-order valence-corrected chi connectivity index (χ0v) is 24.5. The number of hydrogen-bond donors (Lipinski definition) is 3. The second-order valence-electron chi connectivity index (χ2n) is 9.71. The number of aliphatic imine (C=N–C) groups is 1. The summed E-state index contributed by atoms with van der Waals surface area (Å²) in [5, 5.41) is 5.57. The normalized spacial score (nSPS) is 10.9. The Hall–Kier alpha value is -4.62. The van der Waals surface area contributed by atoms with Crippen LogP contribution in [0.15, 0.2) is 89.9 Å². The van der Waals surface area contributed by atoms with Crippen molar-refractivity contribution in [3.8, 4) is 5.75 Å². The number of benzene rings is 4. The van der Waals surface area contributed by atoms with Gasteiger partial charge in [-0.2, -0.15) is 0 Å². The first kappa shape index (κ1) is 30.9. The molecule has 0 bridgehead atoms. The fourth-order valence-corrected chi connectivity index (χ4v) is 4.29. The molecule has 41 heavy (non-hydrogen) atoms. The highest BCUT2D eigenvalue weighted by Gasteiger charge is 2.13. The van der Waals surface area contributed by atoms with Gasteiger partial charge in [-0.3, -0.25) is 14.9 Å². The minimum atomic E-state index is -0.393. The Morgan fingerprint density at radius 3 is 2.10 bits per heavy atom. The number of hydrogen-bond acceptors (Lipinski definition) is 4. The number of anilines is 1. The Morgan fingerprint density at radius 2 is 1.44 bits per heavy atom. The Balaban J connectivity index is 0.00000462. The summed E-state index contributed by atoms with van der Waals surface area (Å²) in [6.45, 7) is 5.74. The van der Waals surface area contributed by atoms with Crippen LogP contribution < -0.4 is 21.1 Å². The number of nitrogens with one attached hydrogen (secondary N) is 2. The van der Waals surface area contributed by atoms with Crippen molar-refractivity contribution in [2.75, 3.05) is 12.4 Å². The lowest BCUT2D eigenvalue weighted by Crippen LogP contribution is -2.36. The lowest BCUT2D eigenvalue weighted by molar-refractivity contribution is 0.0975. The van der Waals surface area contributed by atoms with Gasteiger partial charge in [-0.25, -0.2) is 4.99 Å². The van der Waals surface area contributed by atoms with Crippen LogP contribution in [0.25, 0.3) is 0 Å². The van der Waals surface area contributed by atoms with E-state index < -0.39 is 5.91 Å². The van der Waals surface area contributed by atoms with Gasteiger partial charge in [-0.1, -0.05) is 48.5 Å². The molecule has 4 N–H and O–H groups in total. The topological polar surface area (TPSA) is 106 Å². The summed E-state index contributed by atoms with van der Waals surface area (Å²) in [6, 6.07) is 26.7. The maximum Gasteiger partial charge on any atom is 0.258 e. The minimum absolute atomic E-state index is 0. The molecule has 4 aromatic rings. The molecule has 0 radical (unpaired) electrons. The van der Waals surface area contributed by atoms with Crippen LogP contribution in [-0.4, -0.2) is 24.9 Å². The molecular formula is C33H35ClN4O3. The van der Waals surface area contributed by atoms with E-state index >= 15 is 0 Å². The van der Waals surface area contributed by atoms with E-state index in [0.717, 1.165) is 29.5 Å². The number of methoxy groups -OCH3 is 1. The summed E-state index contributed by atoms with van der Waals surface area (Å²) in [4.78, 5) is 30.0. The molecule has 8 heteroatoms. The Morgan fingerprint density at radius 1 is 0.780 bits per heavy atom. The molecule has 0 aromatic heterocycles. The largest absolute Gasteiger partial charge is 0.496 e. The van der Waals surface area contributed by atoms with Crippen molar-refractivity contribution in [1.82, 2.24) is 5.32 Å². The molecule has 2 amide bonds. The molecule has 212 valence electrons. The van der Waals surface area contributed by atoms with Crippen molar-refractivity contribution in [3.63, 3.8) is 0 Å². The Labute approximate surface area is 247 Å². The first-order valence-electron chi connectivity index (χ1n) is 13.1. The standard InChI is InChI=1S/C33H34N4O3.ClH/c1-21-10-17-28(35-33(34)37-32(39)27-18-22(2)23(3)30(19-27)40-4)20-29(21)36-31(38)26-15-13-25(14-16-26)12-11-24-8-6-5-7-9-24;/h5-10,13-20H,11-12H2,1-4H3,(H,36,38)(H3,34,35,37,39);1H. The number of nitrogens with zero attached hydrogens (tertiary/aromatic N) is 1. The number of amides is 2. The lowest BCUT2D eigenvalue weighted by atomic mass is 10.0. The predicted octanol–water partition coefficient (Wildman–Crippen LogP) is 6.46.